The average Bonchev–Trinajstić information content (AvgIpc) is 3.16. The molecule has 0 aromatic rings. The fourth-order valence-corrected chi connectivity index (χ4v) is 8.49. The lowest BCUT2D eigenvalue weighted by Crippen LogP contribution is -2.52. The Morgan fingerprint density at radius 2 is 1.76 bits per heavy atom. The van der Waals surface area contributed by atoms with Gasteiger partial charge in [-0.1, -0.05) is 26.7 Å². The summed E-state index contributed by atoms with van der Waals surface area (Å²) in [5.41, 5.74) is 2.36. The van der Waals surface area contributed by atoms with E-state index in [9.17, 15) is 4.79 Å². The van der Waals surface area contributed by atoms with Crippen LogP contribution in [-0.4, -0.2) is 12.6 Å². The zero-order valence-electron chi connectivity index (χ0n) is 16.1. The molecule has 0 bridgehead atoms. The zero-order valence-corrected chi connectivity index (χ0v) is 16.1. The molecule has 0 spiro atoms. The summed E-state index contributed by atoms with van der Waals surface area (Å²) >= 11 is 0. The third-order valence-electron chi connectivity index (χ3n) is 9.72. The van der Waals surface area contributed by atoms with E-state index in [0.29, 0.717) is 23.4 Å². The summed E-state index contributed by atoms with van der Waals surface area (Å²) in [7, 11) is 0. The topological polar surface area (TPSA) is 26.3 Å². The van der Waals surface area contributed by atoms with Crippen LogP contribution < -0.4 is 0 Å². The van der Waals surface area contributed by atoms with Crippen LogP contribution in [-0.2, 0) is 9.53 Å². The summed E-state index contributed by atoms with van der Waals surface area (Å²) in [6, 6.07) is 0. The van der Waals surface area contributed by atoms with Crippen LogP contribution in [0.1, 0.15) is 78.1 Å². The first-order chi connectivity index (χ1) is 12.0. The van der Waals surface area contributed by atoms with Crippen LogP contribution >= 0.6 is 0 Å². The maximum Gasteiger partial charge on any atom is 0.331 e. The Hall–Kier alpha value is -0.790. The van der Waals surface area contributed by atoms with Crippen molar-refractivity contribution in [3.8, 4) is 0 Å². The molecular formula is C23H34O2. The summed E-state index contributed by atoms with van der Waals surface area (Å²) in [4.78, 5) is 11.6. The quantitative estimate of drug-likeness (QED) is 0.587. The minimum absolute atomic E-state index is 0.106. The summed E-state index contributed by atoms with van der Waals surface area (Å²) < 4.78 is 5.26. The van der Waals surface area contributed by atoms with Crippen molar-refractivity contribution in [3.05, 3.63) is 11.6 Å². The molecule has 1 aliphatic heterocycles. The van der Waals surface area contributed by atoms with E-state index in [2.05, 4.69) is 13.8 Å². The molecule has 5 rings (SSSR count). The Morgan fingerprint density at radius 1 is 0.920 bits per heavy atom. The standard InChI is InChI=1S/C23H34O2/c1-22-11-4-3-5-16(22)6-7-17-19-9-8-18(15-13-21(24)25-14-15)23(19,2)12-10-20(17)22/h13,16-20H,3-12,14H2,1-2H3/t16?,17-,18+,19+,20-,22-,23-/m0/s1. The molecule has 2 nitrogen and oxygen atoms in total. The van der Waals surface area contributed by atoms with Crippen molar-refractivity contribution in [1.29, 1.82) is 0 Å². The van der Waals surface area contributed by atoms with Crippen LogP contribution in [0.25, 0.3) is 0 Å². The summed E-state index contributed by atoms with van der Waals surface area (Å²) in [6.07, 6.45) is 16.2. The molecule has 138 valence electrons. The Kier molecular flexibility index (Phi) is 3.67. The van der Waals surface area contributed by atoms with Gasteiger partial charge in [-0.2, -0.15) is 0 Å². The smallest absolute Gasteiger partial charge is 0.331 e. The predicted octanol–water partition coefficient (Wildman–Crippen LogP) is 5.52. The molecule has 0 N–H and O–H groups in total. The predicted molar refractivity (Wildman–Crippen MR) is 98.9 cm³/mol. The summed E-state index contributed by atoms with van der Waals surface area (Å²) in [5, 5.41) is 0. The number of cyclic esters (lactones) is 1. The van der Waals surface area contributed by atoms with Crippen molar-refractivity contribution >= 4 is 5.97 Å². The van der Waals surface area contributed by atoms with Crippen LogP contribution in [0.5, 0.6) is 0 Å². The molecular weight excluding hydrogens is 308 g/mol. The lowest BCUT2D eigenvalue weighted by atomic mass is 9.44. The van der Waals surface area contributed by atoms with Gasteiger partial charge in [-0.15, -0.1) is 0 Å². The van der Waals surface area contributed by atoms with Gasteiger partial charge < -0.3 is 4.74 Å². The van der Waals surface area contributed by atoms with Gasteiger partial charge >= 0.3 is 5.97 Å². The molecule has 0 radical (unpaired) electrons. The molecule has 1 heterocycles. The minimum Gasteiger partial charge on any atom is -0.458 e. The van der Waals surface area contributed by atoms with E-state index in [1.54, 1.807) is 0 Å². The monoisotopic (exact) mass is 342 g/mol. The van der Waals surface area contributed by atoms with Crippen LogP contribution in [0.4, 0.5) is 0 Å². The number of hydrogen-bond acceptors (Lipinski definition) is 2. The Labute approximate surface area is 152 Å². The number of fused-ring (bicyclic) bond motifs is 5. The molecule has 4 fully saturated rings. The molecule has 0 aromatic heterocycles. The van der Waals surface area contributed by atoms with E-state index in [1.807, 2.05) is 6.08 Å². The fourth-order valence-electron chi connectivity index (χ4n) is 8.49. The van der Waals surface area contributed by atoms with Gasteiger partial charge in [-0.05, 0) is 97.4 Å². The second kappa shape index (κ2) is 5.60. The van der Waals surface area contributed by atoms with Gasteiger partial charge in [0.1, 0.15) is 6.61 Å². The number of carbonyl (C=O) groups excluding carboxylic acids is 1. The highest BCUT2D eigenvalue weighted by Crippen LogP contribution is 2.68. The molecule has 0 aromatic carbocycles. The van der Waals surface area contributed by atoms with Crippen molar-refractivity contribution in [2.45, 2.75) is 78.1 Å². The van der Waals surface area contributed by atoms with Crippen molar-refractivity contribution in [2.24, 2.45) is 40.4 Å². The van der Waals surface area contributed by atoms with Gasteiger partial charge in [-0.3, -0.25) is 0 Å². The normalized spacial score (nSPS) is 52.0. The highest BCUT2D eigenvalue weighted by Gasteiger charge is 2.60. The van der Waals surface area contributed by atoms with E-state index in [0.717, 1.165) is 23.7 Å². The number of ether oxygens (including phenoxy) is 1. The molecule has 2 heteroatoms. The highest BCUT2D eigenvalue weighted by molar-refractivity contribution is 5.85. The van der Waals surface area contributed by atoms with Gasteiger partial charge in [0.15, 0.2) is 0 Å². The van der Waals surface area contributed by atoms with Crippen molar-refractivity contribution in [1.82, 2.24) is 0 Å². The molecule has 1 unspecified atom stereocenters. The largest absolute Gasteiger partial charge is 0.458 e. The van der Waals surface area contributed by atoms with E-state index < -0.39 is 0 Å². The van der Waals surface area contributed by atoms with Gasteiger partial charge in [0, 0.05) is 6.08 Å². The zero-order chi connectivity index (χ0) is 17.2. The number of rotatable bonds is 1. The highest BCUT2D eigenvalue weighted by atomic mass is 16.5. The molecule has 0 saturated heterocycles. The second-order valence-electron chi connectivity index (χ2n) is 10.4. The fraction of sp³-hybridized carbons (Fsp3) is 0.870. The summed E-state index contributed by atoms with van der Waals surface area (Å²) in [5.74, 6) is 4.30. The van der Waals surface area contributed by atoms with Crippen LogP contribution in [0.2, 0.25) is 0 Å². The van der Waals surface area contributed by atoms with E-state index in [-0.39, 0.29) is 5.97 Å². The maximum atomic E-state index is 11.6. The Balaban J connectivity index is 1.43. The van der Waals surface area contributed by atoms with Gasteiger partial charge in [-0.25, -0.2) is 4.79 Å². The maximum absolute atomic E-state index is 11.6. The molecule has 4 aliphatic carbocycles. The first kappa shape index (κ1) is 16.4. The van der Waals surface area contributed by atoms with Crippen LogP contribution in [0.3, 0.4) is 0 Å². The summed E-state index contributed by atoms with van der Waals surface area (Å²) in [6.45, 7) is 5.79. The third-order valence-corrected chi connectivity index (χ3v) is 9.72. The van der Waals surface area contributed by atoms with E-state index in [4.69, 9.17) is 4.74 Å². The molecule has 4 saturated carbocycles. The molecule has 0 amide bonds. The van der Waals surface area contributed by atoms with E-state index >= 15 is 0 Å². The van der Waals surface area contributed by atoms with Crippen molar-refractivity contribution < 1.29 is 9.53 Å². The first-order valence-corrected chi connectivity index (χ1v) is 10.9. The SMILES string of the molecule is C[C@@]12CC[C@H]3[C@@H](CCC4CCCC[C@@]43C)[C@H]1CC[C@@H]2C1=CC(=O)OC1. The van der Waals surface area contributed by atoms with E-state index in [1.165, 1.54) is 69.8 Å². The second-order valence-corrected chi connectivity index (χ2v) is 10.4. The minimum atomic E-state index is -0.106. The first-order valence-electron chi connectivity index (χ1n) is 10.9. The average molecular weight is 343 g/mol. The lowest BCUT2D eigenvalue weighted by molar-refractivity contribution is -0.135. The molecule has 5 aliphatic rings. The number of esters is 1. The molecule has 25 heavy (non-hydrogen) atoms. The lowest BCUT2D eigenvalue weighted by Gasteiger charge is -2.60. The third kappa shape index (κ3) is 2.24. The van der Waals surface area contributed by atoms with Gasteiger partial charge in [0.2, 0.25) is 0 Å². The van der Waals surface area contributed by atoms with Crippen molar-refractivity contribution in [3.63, 3.8) is 0 Å². The van der Waals surface area contributed by atoms with Crippen LogP contribution in [0, 0.1) is 40.4 Å². The molecule has 7 atom stereocenters. The van der Waals surface area contributed by atoms with Gasteiger partial charge in [0.05, 0.1) is 0 Å². The Morgan fingerprint density at radius 3 is 2.56 bits per heavy atom. The Bertz CT molecular complexity index is 607. The van der Waals surface area contributed by atoms with Crippen LogP contribution in [0.15, 0.2) is 11.6 Å². The van der Waals surface area contributed by atoms with Gasteiger partial charge in [0.25, 0.3) is 0 Å². The number of carbonyl (C=O) groups is 1. The number of hydrogen-bond donors (Lipinski definition) is 0. The van der Waals surface area contributed by atoms with Crippen molar-refractivity contribution in [2.75, 3.05) is 6.61 Å².